The molecule has 2 nitrogen and oxygen atoms in total. The second-order valence-corrected chi connectivity index (χ2v) is 7.12. The summed E-state index contributed by atoms with van der Waals surface area (Å²) >= 11 is 12.8. The van der Waals surface area contributed by atoms with Crippen molar-refractivity contribution in [1.29, 1.82) is 0 Å². The molecule has 112 valence electrons. The Bertz CT molecular complexity index is 455. The summed E-state index contributed by atoms with van der Waals surface area (Å²) in [6.45, 7) is 10.9. The number of rotatable bonds is 3. The van der Waals surface area contributed by atoms with Gasteiger partial charge in [-0.2, -0.15) is 0 Å². The molecule has 0 spiro atoms. The zero-order valence-corrected chi connectivity index (χ0v) is 14.2. The van der Waals surface area contributed by atoms with Gasteiger partial charge in [-0.15, -0.1) is 0 Å². The lowest BCUT2D eigenvalue weighted by Gasteiger charge is -2.49. The highest BCUT2D eigenvalue weighted by Gasteiger charge is 2.37. The minimum Gasteiger partial charge on any atom is -0.363 e. The first kappa shape index (κ1) is 15.9. The van der Waals surface area contributed by atoms with Crippen molar-refractivity contribution < 1.29 is 0 Å². The summed E-state index contributed by atoms with van der Waals surface area (Å²) < 4.78 is 0. The second-order valence-electron chi connectivity index (χ2n) is 6.30. The molecule has 0 aromatic heterocycles. The molecule has 20 heavy (non-hydrogen) atoms. The molecule has 1 aromatic carbocycles. The first-order valence-corrected chi connectivity index (χ1v) is 8.09. The molecule has 0 amide bonds. The summed E-state index contributed by atoms with van der Waals surface area (Å²) in [6.07, 6.45) is 1.08. The SMILES string of the molecule is CCC1(C)CN(c2c(Cl)cccc2Cl)C(C(C)C)CN1. The van der Waals surface area contributed by atoms with Crippen LogP contribution in [-0.2, 0) is 0 Å². The van der Waals surface area contributed by atoms with E-state index in [1.807, 2.05) is 18.2 Å². The minimum absolute atomic E-state index is 0.105. The lowest BCUT2D eigenvalue weighted by Crippen LogP contribution is -2.64. The van der Waals surface area contributed by atoms with Crippen LogP contribution in [0.1, 0.15) is 34.1 Å². The molecule has 1 fully saturated rings. The van der Waals surface area contributed by atoms with Crippen LogP contribution < -0.4 is 10.2 Å². The van der Waals surface area contributed by atoms with Gasteiger partial charge in [0.2, 0.25) is 0 Å². The molecule has 0 bridgehead atoms. The van der Waals surface area contributed by atoms with E-state index in [0.717, 1.165) is 35.2 Å². The number of para-hydroxylation sites is 1. The van der Waals surface area contributed by atoms with Gasteiger partial charge in [-0.1, -0.05) is 50.0 Å². The van der Waals surface area contributed by atoms with E-state index >= 15 is 0 Å². The number of piperazine rings is 1. The third kappa shape index (κ3) is 3.08. The molecule has 0 aliphatic carbocycles. The monoisotopic (exact) mass is 314 g/mol. The Balaban J connectivity index is 2.42. The fourth-order valence-electron chi connectivity index (χ4n) is 2.85. The largest absolute Gasteiger partial charge is 0.363 e. The first-order valence-electron chi connectivity index (χ1n) is 7.33. The Hall–Kier alpha value is -0.440. The summed E-state index contributed by atoms with van der Waals surface area (Å²) in [4.78, 5) is 2.40. The lowest BCUT2D eigenvalue weighted by molar-refractivity contribution is 0.253. The maximum absolute atomic E-state index is 6.42. The number of hydrogen-bond acceptors (Lipinski definition) is 2. The van der Waals surface area contributed by atoms with Gasteiger partial charge in [0.1, 0.15) is 0 Å². The summed E-state index contributed by atoms with van der Waals surface area (Å²) in [5.41, 5.74) is 1.09. The van der Waals surface area contributed by atoms with Crippen molar-refractivity contribution in [3.05, 3.63) is 28.2 Å². The third-order valence-corrected chi connectivity index (χ3v) is 5.04. The molecule has 0 saturated carbocycles. The van der Waals surface area contributed by atoms with Gasteiger partial charge < -0.3 is 10.2 Å². The zero-order chi connectivity index (χ0) is 14.9. The lowest BCUT2D eigenvalue weighted by atomic mass is 9.89. The van der Waals surface area contributed by atoms with E-state index in [1.54, 1.807) is 0 Å². The van der Waals surface area contributed by atoms with Crippen molar-refractivity contribution in [3.63, 3.8) is 0 Å². The van der Waals surface area contributed by atoms with E-state index < -0.39 is 0 Å². The van der Waals surface area contributed by atoms with Crippen LogP contribution in [0.5, 0.6) is 0 Å². The first-order chi connectivity index (χ1) is 9.38. The van der Waals surface area contributed by atoms with Gasteiger partial charge in [0.15, 0.2) is 0 Å². The van der Waals surface area contributed by atoms with Crippen LogP contribution in [-0.4, -0.2) is 24.7 Å². The molecular weight excluding hydrogens is 291 g/mol. The Morgan fingerprint density at radius 1 is 1.35 bits per heavy atom. The summed E-state index contributed by atoms with van der Waals surface area (Å²) in [5.74, 6) is 0.538. The molecule has 2 rings (SSSR count). The molecule has 1 aliphatic heterocycles. The van der Waals surface area contributed by atoms with Crippen molar-refractivity contribution in [2.75, 3.05) is 18.0 Å². The standard InChI is InChI=1S/C16H24Cl2N2/c1-5-16(4)10-20(14(9-19-16)11(2)3)15-12(17)7-6-8-13(15)18/h6-8,11,14,19H,5,9-10H2,1-4H3. The number of halogens is 2. The number of hydrogen-bond donors (Lipinski definition) is 1. The number of nitrogens with zero attached hydrogens (tertiary/aromatic N) is 1. The molecule has 1 aliphatic rings. The van der Waals surface area contributed by atoms with Gasteiger partial charge in [-0.05, 0) is 31.4 Å². The maximum Gasteiger partial charge on any atom is 0.0748 e. The van der Waals surface area contributed by atoms with Crippen LogP contribution in [0.2, 0.25) is 10.0 Å². The Labute approximate surface area is 132 Å². The highest BCUT2D eigenvalue weighted by molar-refractivity contribution is 6.39. The molecule has 1 N–H and O–H groups in total. The van der Waals surface area contributed by atoms with Crippen molar-refractivity contribution in [1.82, 2.24) is 5.32 Å². The van der Waals surface area contributed by atoms with Crippen molar-refractivity contribution in [3.8, 4) is 0 Å². The van der Waals surface area contributed by atoms with E-state index in [0.29, 0.717) is 12.0 Å². The highest BCUT2D eigenvalue weighted by atomic mass is 35.5. The number of anilines is 1. The Kier molecular flexibility index (Phi) is 4.88. The quantitative estimate of drug-likeness (QED) is 0.877. The predicted molar refractivity (Wildman–Crippen MR) is 89.1 cm³/mol. The predicted octanol–water partition coefficient (Wildman–Crippen LogP) is 4.60. The van der Waals surface area contributed by atoms with E-state index in [1.165, 1.54) is 0 Å². The normalized spacial score (nSPS) is 27.1. The maximum atomic E-state index is 6.42. The van der Waals surface area contributed by atoms with Gasteiger partial charge in [-0.3, -0.25) is 0 Å². The molecule has 0 radical (unpaired) electrons. The second kappa shape index (κ2) is 6.13. The van der Waals surface area contributed by atoms with Crippen LogP contribution in [0, 0.1) is 5.92 Å². The molecule has 2 unspecified atom stereocenters. The highest BCUT2D eigenvalue weighted by Crippen LogP contribution is 2.38. The van der Waals surface area contributed by atoms with E-state index in [2.05, 4.69) is 37.9 Å². The molecule has 1 heterocycles. The molecule has 1 aromatic rings. The smallest absolute Gasteiger partial charge is 0.0748 e. The average Bonchev–Trinajstić information content (AvgIpc) is 2.38. The van der Waals surface area contributed by atoms with Crippen LogP contribution in [0.3, 0.4) is 0 Å². The van der Waals surface area contributed by atoms with E-state index in [4.69, 9.17) is 23.2 Å². The van der Waals surface area contributed by atoms with Crippen molar-refractivity contribution >= 4 is 28.9 Å². The summed E-state index contributed by atoms with van der Waals surface area (Å²) in [5, 5.41) is 5.17. The fraction of sp³-hybridized carbons (Fsp3) is 0.625. The van der Waals surface area contributed by atoms with Gasteiger partial charge in [0.25, 0.3) is 0 Å². The zero-order valence-electron chi connectivity index (χ0n) is 12.7. The molecule has 1 saturated heterocycles. The molecule has 2 atom stereocenters. The van der Waals surface area contributed by atoms with Gasteiger partial charge in [0.05, 0.1) is 15.7 Å². The van der Waals surface area contributed by atoms with Crippen LogP contribution in [0.25, 0.3) is 0 Å². The molecular formula is C16H24Cl2N2. The van der Waals surface area contributed by atoms with Gasteiger partial charge in [0, 0.05) is 24.7 Å². The minimum atomic E-state index is 0.105. The number of benzene rings is 1. The molecule has 4 heteroatoms. The third-order valence-electron chi connectivity index (χ3n) is 4.43. The van der Waals surface area contributed by atoms with Crippen LogP contribution >= 0.6 is 23.2 Å². The van der Waals surface area contributed by atoms with Gasteiger partial charge in [-0.25, -0.2) is 0 Å². The van der Waals surface area contributed by atoms with E-state index in [-0.39, 0.29) is 5.54 Å². The van der Waals surface area contributed by atoms with Crippen molar-refractivity contribution in [2.24, 2.45) is 5.92 Å². The topological polar surface area (TPSA) is 15.3 Å². The average molecular weight is 315 g/mol. The fourth-order valence-corrected chi connectivity index (χ4v) is 3.47. The van der Waals surface area contributed by atoms with Crippen LogP contribution in [0.15, 0.2) is 18.2 Å². The van der Waals surface area contributed by atoms with E-state index in [9.17, 15) is 0 Å². The van der Waals surface area contributed by atoms with Gasteiger partial charge >= 0.3 is 0 Å². The van der Waals surface area contributed by atoms with Crippen LogP contribution in [0.4, 0.5) is 5.69 Å². The number of nitrogens with one attached hydrogen (secondary N) is 1. The Morgan fingerprint density at radius 2 is 1.95 bits per heavy atom. The summed E-state index contributed by atoms with van der Waals surface area (Å²) in [7, 11) is 0. The Morgan fingerprint density at radius 3 is 2.45 bits per heavy atom. The van der Waals surface area contributed by atoms with Crippen molar-refractivity contribution in [2.45, 2.75) is 45.7 Å². The summed E-state index contributed by atoms with van der Waals surface area (Å²) in [6, 6.07) is 6.16.